The summed E-state index contributed by atoms with van der Waals surface area (Å²) in [6.45, 7) is 6.50. The lowest BCUT2D eigenvalue weighted by Crippen LogP contribution is -2.47. The molecule has 0 radical (unpaired) electrons. The van der Waals surface area contributed by atoms with Crippen molar-refractivity contribution in [1.29, 1.82) is 0 Å². The van der Waals surface area contributed by atoms with Crippen LogP contribution in [0.15, 0.2) is 48.8 Å². The van der Waals surface area contributed by atoms with E-state index in [9.17, 15) is 23.3 Å². The second-order valence-corrected chi connectivity index (χ2v) is 8.04. The third-order valence-electron chi connectivity index (χ3n) is 5.83. The summed E-state index contributed by atoms with van der Waals surface area (Å²) in [5.74, 6) is -0.269. The van der Waals surface area contributed by atoms with Crippen LogP contribution in [0.3, 0.4) is 0 Å². The standard InChI is InChI=1S/C23H23F3N6O3/c1-15-4-3-5-19(16(15)2)30-10-12-31(13-11-30)22-20(32(33)34)21(27-14-28-22)29-17-6-8-18(9-7-17)35-23(24,25)26/h3-9,14H,10-13H2,1-2H3,(H,27,28,29). The number of hydrogen-bond donors (Lipinski definition) is 1. The number of piperazine rings is 1. The van der Waals surface area contributed by atoms with Crippen molar-refractivity contribution in [3.05, 3.63) is 70.0 Å². The summed E-state index contributed by atoms with van der Waals surface area (Å²) < 4.78 is 41.0. The Labute approximate surface area is 199 Å². The molecule has 1 fully saturated rings. The van der Waals surface area contributed by atoms with E-state index in [1.165, 1.54) is 29.6 Å². The van der Waals surface area contributed by atoms with Crippen molar-refractivity contribution in [2.45, 2.75) is 20.2 Å². The molecule has 0 spiro atoms. The zero-order chi connectivity index (χ0) is 25.2. The molecule has 1 aliphatic rings. The van der Waals surface area contributed by atoms with E-state index >= 15 is 0 Å². The molecule has 0 saturated carbocycles. The van der Waals surface area contributed by atoms with Gasteiger partial charge in [-0.25, -0.2) is 9.97 Å². The minimum Gasteiger partial charge on any atom is -0.406 e. The Morgan fingerprint density at radius 3 is 2.29 bits per heavy atom. The van der Waals surface area contributed by atoms with E-state index in [4.69, 9.17) is 0 Å². The van der Waals surface area contributed by atoms with E-state index in [0.29, 0.717) is 31.9 Å². The summed E-state index contributed by atoms with van der Waals surface area (Å²) in [4.78, 5) is 23.7. The van der Waals surface area contributed by atoms with Crippen molar-refractivity contribution in [3.63, 3.8) is 0 Å². The van der Waals surface area contributed by atoms with E-state index in [-0.39, 0.29) is 17.3 Å². The van der Waals surface area contributed by atoms with Crippen LogP contribution in [0.4, 0.5) is 41.9 Å². The topological polar surface area (TPSA) is 96.7 Å². The number of ether oxygens (including phenoxy) is 1. The Morgan fingerprint density at radius 1 is 1.00 bits per heavy atom. The lowest BCUT2D eigenvalue weighted by atomic mass is 10.1. The number of aryl methyl sites for hydroxylation is 1. The Balaban J connectivity index is 1.52. The zero-order valence-corrected chi connectivity index (χ0v) is 19.0. The molecule has 1 aromatic heterocycles. The monoisotopic (exact) mass is 488 g/mol. The molecule has 0 aliphatic carbocycles. The predicted molar refractivity (Wildman–Crippen MR) is 125 cm³/mol. The maximum atomic E-state index is 12.4. The normalized spacial score (nSPS) is 14.1. The van der Waals surface area contributed by atoms with Crippen LogP contribution in [0.2, 0.25) is 0 Å². The summed E-state index contributed by atoms with van der Waals surface area (Å²) >= 11 is 0. The summed E-state index contributed by atoms with van der Waals surface area (Å²) in [7, 11) is 0. The highest BCUT2D eigenvalue weighted by atomic mass is 19.4. The lowest BCUT2D eigenvalue weighted by molar-refractivity contribution is -0.383. The van der Waals surface area contributed by atoms with Gasteiger partial charge in [0, 0.05) is 37.6 Å². The van der Waals surface area contributed by atoms with Crippen LogP contribution in [0, 0.1) is 24.0 Å². The van der Waals surface area contributed by atoms with Crippen molar-refractivity contribution in [2.24, 2.45) is 0 Å². The molecule has 184 valence electrons. The van der Waals surface area contributed by atoms with Crippen molar-refractivity contribution in [1.82, 2.24) is 9.97 Å². The highest BCUT2D eigenvalue weighted by Crippen LogP contribution is 2.35. The Kier molecular flexibility index (Phi) is 6.63. The van der Waals surface area contributed by atoms with E-state index in [0.717, 1.165) is 17.8 Å². The smallest absolute Gasteiger partial charge is 0.406 e. The molecule has 1 N–H and O–H groups in total. The molecule has 1 aliphatic heterocycles. The second kappa shape index (κ2) is 9.65. The number of nitrogens with zero attached hydrogens (tertiary/aromatic N) is 5. The van der Waals surface area contributed by atoms with Gasteiger partial charge in [-0.2, -0.15) is 0 Å². The van der Waals surface area contributed by atoms with Gasteiger partial charge in [-0.1, -0.05) is 12.1 Å². The fourth-order valence-electron chi connectivity index (χ4n) is 3.97. The van der Waals surface area contributed by atoms with Crippen LogP contribution in [0.1, 0.15) is 11.1 Å². The maximum Gasteiger partial charge on any atom is 0.573 e. The minimum absolute atomic E-state index is 0.0542. The molecule has 0 bridgehead atoms. The first-order chi connectivity index (χ1) is 16.6. The summed E-state index contributed by atoms with van der Waals surface area (Å²) in [6, 6.07) is 11.0. The number of alkyl halides is 3. The molecular formula is C23H23F3N6O3. The molecule has 3 aromatic rings. The first-order valence-electron chi connectivity index (χ1n) is 10.8. The fourth-order valence-corrected chi connectivity index (χ4v) is 3.97. The van der Waals surface area contributed by atoms with Gasteiger partial charge in [-0.05, 0) is 55.3 Å². The Morgan fingerprint density at radius 2 is 1.66 bits per heavy atom. The number of nitro groups is 1. The number of halogens is 3. The molecule has 0 amide bonds. The van der Waals surface area contributed by atoms with Crippen LogP contribution in [0.25, 0.3) is 0 Å². The van der Waals surface area contributed by atoms with Crippen LogP contribution in [-0.4, -0.2) is 47.4 Å². The Hall–Kier alpha value is -4.09. The van der Waals surface area contributed by atoms with Gasteiger partial charge in [0.05, 0.1) is 4.92 Å². The van der Waals surface area contributed by atoms with Gasteiger partial charge >= 0.3 is 12.0 Å². The molecule has 4 rings (SSSR count). The number of anilines is 4. The molecule has 35 heavy (non-hydrogen) atoms. The first-order valence-corrected chi connectivity index (χ1v) is 10.8. The number of benzene rings is 2. The third kappa shape index (κ3) is 5.53. The van der Waals surface area contributed by atoms with Gasteiger partial charge in [0.15, 0.2) is 0 Å². The lowest BCUT2D eigenvalue weighted by Gasteiger charge is -2.37. The van der Waals surface area contributed by atoms with Gasteiger partial charge in [0.2, 0.25) is 11.6 Å². The molecule has 0 unspecified atom stereocenters. The van der Waals surface area contributed by atoms with Gasteiger partial charge in [-0.3, -0.25) is 10.1 Å². The number of hydrogen-bond acceptors (Lipinski definition) is 8. The van der Waals surface area contributed by atoms with Crippen LogP contribution in [-0.2, 0) is 0 Å². The van der Waals surface area contributed by atoms with Gasteiger partial charge in [0.25, 0.3) is 0 Å². The number of aromatic nitrogens is 2. The highest BCUT2D eigenvalue weighted by Gasteiger charge is 2.32. The summed E-state index contributed by atoms with van der Waals surface area (Å²) in [5, 5.41) is 14.8. The summed E-state index contributed by atoms with van der Waals surface area (Å²) in [6.07, 6.45) is -3.58. The van der Waals surface area contributed by atoms with Crippen molar-refractivity contribution in [3.8, 4) is 5.75 Å². The molecular weight excluding hydrogens is 465 g/mol. The molecule has 12 heteroatoms. The SMILES string of the molecule is Cc1cccc(N2CCN(c3ncnc(Nc4ccc(OC(F)(F)F)cc4)c3[N+](=O)[O-])CC2)c1C. The predicted octanol–water partition coefficient (Wildman–Crippen LogP) is 4.97. The zero-order valence-electron chi connectivity index (χ0n) is 19.0. The minimum atomic E-state index is -4.81. The van der Waals surface area contributed by atoms with Gasteiger partial charge < -0.3 is 19.9 Å². The van der Waals surface area contributed by atoms with Crippen molar-refractivity contribution in [2.75, 3.05) is 41.3 Å². The van der Waals surface area contributed by atoms with E-state index < -0.39 is 17.0 Å². The number of rotatable bonds is 6. The van der Waals surface area contributed by atoms with Crippen LogP contribution >= 0.6 is 0 Å². The fraction of sp³-hybridized carbons (Fsp3) is 0.304. The molecule has 9 nitrogen and oxygen atoms in total. The second-order valence-electron chi connectivity index (χ2n) is 8.04. The average molecular weight is 488 g/mol. The van der Waals surface area contributed by atoms with Crippen molar-refractivity contribution < 1.29 is 22.8 Å². The van der Waals surface area contributed by atoms with E-state index in [1.807, 2.05) is 11.0 Å². The Bertz CT molecular complexity index is 1210. The highest BCUT2D eigenvalue weighted by molar-refractivity contribution is 5.75. The first kappa shape index (κ1) is 24.0. The quantitative estimate of drug-likeness (QED) is 0.384. The number of nitrogens with one attached hydrogen (secondary N) is 1. The van der Waals surface area contributed by atoms with E-state index in [1.54, 1.807) is 0 Å². The van der Waals surface area contributed by atoms with Crippen LogP contribution in [0.5, 0.6) is 5.75 Å². The molecule has 0 atom stereocenters. The molecule has 2 aromatic carbocycles. The largest absolute Gasteiger partial charge is 0.573 e. The molecule has 2 heterocycles. The van der Waals surface area contributed by atoms with Crippen molar-refractivity contribution >= 4 is 28.7 Å². The average Bonchev–Trinajstić information content (AvgIpc) is 2.81. The van der Waals surface area contributed by atoms with E-state index in [2.05, 4.69) is 50.9 Å². The summed E-state index contributed by atoms with van der Waals surface area (Å²) in [5.41, 5.74) is 3.55. The van der Waals surface area contributed by atoms with Gasteiger partial charge in [-0.15, -0.1) is 13.2 Å². The maximum absolute atomic E-state index is 12.4. The van der Waals surface area contributed by atoms with Crippen LogP contribution < -0.4 is 19.9 Å². The molecule has 1 saturated heterocycles. The van der Waals surface area contributed by atoms with Gasteiger partial charge in [0.1, 0.15) is 12.1 Å². The third-order valence-corrected chi connectivity index (χ3v) is 5.83.